The number of hydrogen-bond donors (Lipinski definition) is 0. The number of likely N-dealkylation sites (tertiary alicyclic amines) is 1. The van der Waals surface area contributed by atoms with Crippen LogP contribution in [0.2, 0.25) is 0 Å². The predicted molar refractivity (Wildman–Crippen MR) is 110 cm³/mol. The number of benzene rings is 1. The Morgan fingerprint density at radius 2 is 1.31 bits per heavy atom. The molecule has 3 rings (SSSR count). The van der Waals surface area contributed by atoms with Gasteiger partial charge in [0.25, 0.3) is 5.91 Å². The van der Waals surface area contributed by atoms with Crippen molar-refractivity contribution in [1.82, 2.24) is 18.6 Å². The number of allylic oxidation sites excluding steroid dienone is 2. The highest BCUT2D eigenvalue weighted by Gasteiger charge is 2.19. The smallest absolute Gasteiger partial charge is 0.336 e. The molecule has 1 amide bonds. The highest BCUT2D eigenvalue weighted by molar-refractivity contribution is 5.94. The fourth-order valence-corrected chi connectivity index (χ4v) is 3.43. The Bertz CT molecular complexity index is 1050. The molecular formula is C21H24N4O4. The van der Waals surface area contributed by atoms with E-state index in [4.69, 9.17) is 0 Å². The summed E-state index contributed by atoms with van der Waals surface area (Å²) in [7, 11) is 0. The molecular weight excluding hydrogens is 372 g/mol. The number of hydrogen-bond acceptors (Lipinski definition) is 4. The number of amides is 1. The summed E-state index contributed by atoms with van der Waals surface area (Å²) < 4.78 is 2.93. The summed E-state index contributed by atoms with van der Waals surface area (Å²) >= 11 is 0. The Morgan fingerprint density at radius 3 is 1.79 bits per heavy atom. The average Bonchev–Trinajstić information content (AvgIpc) is 3.26. The van der Waals surface area contributed by atoms with E-state index in [0.717, 1.165) is 39.6 Å². The summed E-state index contributed by atoms with van der Waals surface area (Å²) in [6.07, 6.45) is 4.89. The molecule has 1 aromatic carbocycles. The van der Waals surface area contributed by atoms with Gasteiger partial charge < -0.3 is 4.90 Å². The van der Waals surface area contributed by atoms with Gasteiger partial charge in [0, 0.05) is 18.7 Å². The van der Waals surface area contributed by atoms with Crippen LogP contribution in [0, 0.1) is 0 Å². The molecule has 1 saturated heterocycles. The molecule has 0 aliphatic carbocycles. The molecule has 0 atom stereocenters. The standard InChI is InChI=1S/C21H24N4O4/c1-3-11-23-19(27)24(12-4-2)21(29)25(20(23)28)15-16-7-9-17(10-8-16)18(26)22-13-5-6-14-22/h3-4,7-10H,1-2,5-6,11-15H2. The molecule has 0 unspecified atom stereocenters. The Morgan fingerprint density at radius 1 is 0.828 bits per heavy atom. The van der Waals surface area contributed by atoms with Gasteiger partial charge in [-0.2, -0.15) is 0 Å². The maximum absolute atomic E-state index is 12.7. The van der Waals surface area contributed by atoms with Crippen molar-refractivity contribution in [2.24, 2.45) is 0 Å². The summed E-state index contributed by atoms with van der Waals surface area (Å²) in [4.78, 5) is 52.1. The van der Waals surface area contributed by atoms with Gasteiger partial charge in [0.05, 0.1) is 19.6 Å². The zero-order valence-electron chi connectivity index (χ0n) is 16.2. The molecule has 1 aliphatic heterocycles. The summed E-state index contributed by atoms with van der Waals surface area (Å²) in [6, 6.07) is 6.83. The van der Waals surface area contributed by atoms with Gasteiger partial charge in [-0.15, -0.1) is 13.2 Å². The van der Waals surface area contributed by atoms with Crippen molar-refractivity contribution in [3.05, 3.63) is 92.2 Å². The van der Waals surface area contributed by atoms with Crippen LogP contribution in [0.1, 0.15) is 28.8 Å². The molecule has 2 heterocycles. The van der Waals surface area contributed by atoms with E-state index in [0.29, 0.717) is 11.1 Å². The maximum Gasteiger partial charge on any atom is 0.336 e. The van der Waals surface area contributed by atoms with Crippen molar-refractivity contribution < 1.29 is 4.79 Å². The van der Waals surface area contributed by atoms with Crippen LogP contribution in [0.4, 0.5) is 0 Å². The van der Waals surface area contributed by atoms with Crippen molar-refractivity contribution in [2.75, 3.05) is 13.1 Å². The molecule has 1 aromatic heterocycles. The summed E-state index contributed by atoms with van der Waals surface area (Å²) in [5.41, 5.74) is -0.836. The van der Waals surface area contributed by atoms with Gasteiger partial charge in [-0.25, -0.2) is 28.1 Å². The van der Waals surface area contributed by atoms with E-state index in [1.807, 2.05) is 4.90 Å². The molecule has 8 heteroatoms. The third kappa shape index (κ3) is 4.06. The zero-order chi connectivity index (χ0) is 21.0. The normalized spacial score (nSPS) is 13.4. The first-order valence-corrected chi connectivity index (χ1v) is 9.52. The Kier molecular flexibility index (Phi) is 6.11. The molecule has 0 N–H and O–H groups in total. The van der Waals surface area contributed by atoms with E-state index in [1.54, 1.807) is 24.3 Å². The van der Waals surface area contributed by atoms with Gasteiger partial charge in [0.1, 0.15) is 0 Å². The molecule has 0 saturated carbocycles. The lowest BCUT2D eigenvalue weighted by Crippen LogP contribution is -2.54. The Hall–Kier alpha value is -3.42. The lowest BCUT2D eigenvalue weighted by Gasteiger charge is -2.15. The fraction of sp³-hybridized carbons (Fsp3) is 0.333. The zero-order valence-corrected chi connectivity index (χ0v) is 16.2. The topological polar surface area (TPSA) is 86.3 Å². The van der Waals surface area contributed by atoms with Gasteiger partial charge in [-0.05, 0) is 30.5 Å². The minimum Gasteiger partial charge on any atom is -0.339 e. The summed E-state index contributed by atoms with van der Waals surface area (Å²) in [6.45, 7) is 8.64. The molecule has 0 radical (unpaired) electrons. The van der Waals surface area contributed by atoms with E-state index in [9.17, 15) is 19.2 Å². The van der Waals surface area contributed by atoms with Gasteiger partial charge in [-0.3, -0.25) is 4.79 Å². The van der Waals surface area contributed by atoms with Crippen LogP contribution in [0.25, 0.3) is 0 Å². The van der Waals surface area contributed by atoms with Gasteiger partial charge in [0.2, 0.25) is 0 Å². The minimum atomic E-state index is -0.697. The average molecular weight is 396 g/mol. The van der Waals surface area contributed by atoms with Crippen LogP contribution in [0.15, 0.2) is 64.0 Å². The highest BCUT2D eigenvalue weighted by Crippen LogP contribution is 2.13. The van der Waals surface area contributed by atoms with Crippen LogP contribution in [0.5, 0.6) is 0 Å². The number of carbonyl (C=O) groups excluding carboxylic acids is 1. The van der Waals surface area contributed by atoms with Crippen LogP contribution in [-0.4, -0.2) is 37.6 Å². The Balaban J connectivity index is 1.95. The predicted octanol–water partition coefficient (Wildman–Crippen LogP) is 0.828. The van der Waals surface area contributed by atoms with Gasteiger partial charge in [0.15, 0.2) is 0 Å². The van der Waals surface area contributed by atoms with Crippen LogP contribution >= 0.6 is 0 Å². The second kappa shape index (κ2) is 8.72. The third-order valence-electron chi connectivity index (χ3n) is 4.94. The molecule has 0 spiro atoms. The molecule has 1 fully saturated rings. The molecule has 152 valence electrons. The first kappa shape index (κ1) is 20.3. The first-order valence-electron chi connectivity index (χ1n) is 9.52. The van der Waals surface area contributed by atoms with Crippen LogP contribution in [0.3, 0.4) is 0 Å². The molecule has 2 aromatic rings. The summed E-state index contributed by atoms with van der Waals surface area (Å²) in [5.74, 6) is -0.0147. The highest BCUT2D eigenvalue weighted by atomic mass is 16.2. The number of carbonyl (C=O) groups is 1. The van der Waals surface area contributed by atoms with E-state index < -0.39 is 17.1 Å². The summed E-state index contributed by atoms with van der Waals surface area (Å²) in [5, 5.41) is 0. The molecule has 0 bridgehead atoms. The lowest BCUT2D eigenvalue weighted by molar-refractivity contribution is 0.0793. The fourth-order valence-electron chi connectivity index (χ4n) is 3.43. The quantitative estimate of drug-likeness (QED) is 0.649. The van der Waals surface area contributed by atoms with E-state index in [1.165, 1.54) is 12.2 Å². The van der Waals surface area contributed by atoms with E-state index in [-0.39, 0.29) is 25.5 Å². The van der Waals surface area contributed by atoms with E-state index in [2.05, 4.69) is 13.2 Å². The van der Waals surface area contributed by atoms with Crippen LogP contribution in [-0.2, 0) is 19.6 Å². The first-order chi connectivity index (χ1) is 14.0. The number of rotatable bonds is 7. The van der Waals surface area contributed by atoms with Gasteiger partial charge >= 0.3 is 17.1 Å². The molecule has 8 nitrogen and oxygen atoms in total. The second-order valence-electron chi connectivity index (χ2n) is 6.93. The second-order valence-corrected chi connectivity index (χ2v) is 6.93. The van der Waals surface area contributed by atoms with Gasteiger partial charge in [-0.1, -0.05) is 24.3 Å². The number of nitrogens with zero attached hydrogens (tertiary/aromatic N) is 4. The third-order valence-corrected chi connectivity index (χ3v) is 4.94. The lowest BCUT2D eigenvalue weighted by atomic mass is 10.1. The minimum absolute atomic E-state index is 0.00162. The SMILES string of the molecule is C=CCn1c(=O)n(CC=C)c(=O)n(Cc2ccc(C(=O)N3CCCC3)cc2)c1=O. The molecule has 29 heavy (non-hydrogen) atoms. The van der Waals surface area contributed by atoms with Crippen molar-refractivity contribution in [1.29, 1.82) is 0 Å². The van der Waals surface area contributed by atoms with Crippen LogP contribution < -0.4 is 17.1 Å². The monoisotopic (exact) mass is 396 g/mol. The van der Waals surface area contributed by atoms with E-state index >= 15 is 0 Å². The largest absolute Gasteiger partial charge is 0.339 e. The van der Waals surface area contributed by atoms with Crippen molar-refractivity contribution in [3.63, 3.8) is 0 Å². The maximum atomic E-state index is 12.7. The van der Waals surface area contributed by atoms with Crippen molar-refractivity contribution >= 4 is 5.91 Å². The van der Waals surface area contributed by atoms with Crippen molar-refractivity contribution in [3.8, 4) is 0 Å². The molecule has 1 aliphatic rings. The van der Waals surface area contributed by atoms with Crippen molar-refractivity contribution in [2.45, 2.75) is 32.5 Å². The number of aromatic nitrogens is 3. The Labute approximate surface area is 167 Å².